The third kappa shape index (κ3) is 3.76. The van der Waals surface area contributed by atoms with E-state index in [-0.39, 0.29) is 0 Å². The Morgan fingerprint density at radius 3 is 2.60 bits per heavy atom. The minimum Gasteiger partial charge on any atom is -0.309 e. The van der Waals surface area contributed by atoms with Crippen LogP contribution in [0.4, 0.5) is 0 Å². The van der Waals surface area contributed by atoms with E-state index >= 15 is 0 Å². The zero-order chi connectivity index (χ0) is 11.5. The lowest BCUT2D eigenvalue weighted by molar-refractivity contribution is 0.0787. The Bertz CT molecular complexity index is 189. The van der Waals surface area contributed by atoms with Crippen LogP contribution in [0.15, 0.2) is 0 Å². The fourth-order valence-corrected chi connectivity index (χ4v) is 2.36. The number of nitrogens with one attached hydrogen (secondary N) is 1. The van der Waals surface area contributed by atoms with Crippen molar-refractivity contribution in [3.8, 4) is 0 Å². The molecule has 0 saturated carbocycles. The molecule has 1 saturated heterocycles. The number of hydrogen-bond acceptors (Lipinski definition) is 2. The summed E-state index contributed by atoms with van der Waals surface area (Å²) < 4.78 is 0. The second kappa shape index (κ2) is 5.31. The van der Waals surface area contributed by atoms with Crippen LogP contribution in [0.1, 0.15) is 47.5 Å². The normalized spacial score (nSPS) is 29.0. The molecule has 1 aliphatic rings. The minimum absolute atomic E-state index is 0.291. The maximum Gasteiger partial charge on any atom is 0.0252 e. The van der Waals surface area contributed by atoms with Gasteiger partial charge < -0.3 is 5.32 Å². The fourth-order valence-electron chi connectivity index (χ4n) is 2.36. The first kappa shape index (κ1) is 13.0. The predicted molar refractivity (Wildman–Crippen MR) is 67.2 cm³/mol. The molecule has 1 fully saturated rings. The van der Waals surface area contributed by atoms with E-state index in [0.29, 0.717) is 5.54 Å². The largest absolute Gasteiger partial charge is 0.309 e. The summed E-state index contributed by atoms with van der Waals surface area (Å²) in [7, 11) is 0. The molecule has 0 amide bonds. The Morgan fingerprint density at radius 2 is 2.07 bits per heavy atom. The first-order valence-corrected chi connectivity index (χ1v) is 6.47. The number of hydrogen-bond donors (Lipinski definition) is 1. The van der Waals surface area contributed by atoms with Crippen LogP contribution in [0.5, 0.6) is 0 Å². The number of rotatable bonds is 4. The van der Waals surface area contributed by atoms with Gasteiger partial charge in [-0.05, 0) is 26.2 Å². The molecule has 0 aromatic carbocycles. The van der Waals surface area contributed by atoms with Crippen LogP contribution in [0.3, 0.4) is 0 Å². The molecule has 0 spiro atoms. The monoisotopic (exact) mass is 212 g/mol. The van der Waals surface area contributed by atoms with Gasteiger partial charge in [-0.3, -0.25) is 4.90 Å². The van der Waals surface area contributed by atoms with Gasteiger partial charge in [0.15, 0.2) is 0 Å². The molecular formula is C13H28N2. The molecule has 2 heteroatoms. The maximum atomic E-state index is 3.64. The van der Waals surface area contributed by atoms with E-state index in [1.807, 2.05) is 0 Å². The summed E-state index contributed by atoms with van der Waals surface area (Å²) >= 11 is 0. The number of nitrogens with zero attached hydrogens (tertiary/aromatic N) is 1. The minimum atomic E-state index is 0.291. The van der Waals surface area contributed by atoms with Crippen molar-refractivity contribution < 1.29 is 0 Å². The van der Waals surface area contributed by atoms with E-state index in [9.17, 15) is 0 Å². The van der Waals surface area contributed by atoms with Crippen molar-refractivity contribution in [3.05, 3.63) is 0 Å². The quantitative estimate of drug-likeness (QED) is 0.770. The highest BCUT2D eigenvalue weighted by Gasteiger charge is 2.31. The summed E-state index contributed by atoms with van der Waals surface area (Å²) in [4.78, 5) is 2.69. The van der Waals surface area contributed by atoms with Crippen molar-refractivity contribution in [3.63, 3.8) is 0 Å². The summed E-state index contributed by atoms with van der Waals surface area (Å²) in [5, 5.41) is 3.64. The smallest absolute Gasteiger partial charge is 0.0252 e. The second-order valence-corrected chi connectivity index (χ2v) is 5.77. The highest BCUT2D eigenvalue weighted by atomic mass is 15.2. The lowest BCUT2D eigenvalue weighted by Crippen LogP contribution is -2.61. The fraction of sp³-hybridized carbons (Fsp3) is 1.00. The first-order valence-electron chi connectivity index (χ1n) is 6.47. The van der Waals surface area contributed by atoms with Crippen LogP contribution < -0.4 is 5.32 Å². The summed E-state index contributed by atoms with van der Waals surface area (Å²) in [5.74, 6) is 0.827. The van der Waals surface area contributed by atoms with E-state index < -0.39 is 0 Å². The van der Waals surface area contributed by atoms with E-state index in [1.165, 1.54) is 25.9 Å². The standard InChI is InChI=1S/C13H28N2/c1-6-11(3)9-15-10-13(4,5)14-8-12(15)7-2/h11-12,14H,6-10H2,1-5H3. The molecule has 2 nitrogen and oxygen atoms in total. The SMILES string of the molecule is CCC(C)CN1CC(C)(C)NCC1CC. The molecule has 0 aromatic rings. The van der Waals surface area contributed by atoms with E-state index in [1.54, 1.807) is 0 Å². The molecule has 90 valence electrons. The van der Waals surface area contributed by atoms with Gasteiger partial charge in [-0.15, -0.1) is 0 Å². The van der Waals surface area contributed by atoms with E-state index in [4.69, 9.17) is 0 Å². The van der Waals surface area contributed by atoms with Gasteiger partial charge in [0.1, 0.15) is 0 Å². The lowest BCUT2D eigenvalue weighted by atomic mass is 9.96. The van der Waals surface area contributed by atoms with Gasteiger partial charge in [0.2, 0.25) is 0 Å². The number of piperazine rings is 1. The molecule has 15 heavy (non-hydrogen) atoms. The second-order valence-electron chi connectivity index (χ2n) is 5.77. The molecule has 1 heterocycles. The van der Waals surface area contributed by atoms with Gasteiger partial charge in [-0.2, -0.15) is 0 Å². The summed E-state index contributed by atoms with van der Waals surface area (Å²) in [6.45, 7) is 15.2. The predicted octanol–water partition coefficient (Wildman–Crippen LogP) is 2.49. The third-order valence-electron chi connectivity index (χ3n) is 3.65. The average molecular weight is 212 g/mol. The summed E-state index contributed by atoms with van der Waals surface area (Å²) in [6.07, 6.45) is 2.56. The zero-order valence-corrected chi connectivity index (χ0v) is 11.1. The topological polar surface area (TPSA) is 15.3 Å². The molecule has 1 rings (SSSR count). The Hall–Kier alpha value is -0.0800. The van der Waals surface area contributed by atoms with E-state index in [0.717, 1.165) is 18.5 Å². The van der Waals surface area contributed by atoms with Crippen molar-refractivity contribution in [1.82, 2.24) is 10.2 Å². The van der Waals surface area contributed by atoms with Crippen LogP contribution in [-0.4, -0.2) is 36.1 Å². The third-order valence-corrected chi connectivity index (χ3v) is 3.65. The van der Waals surface area contributed by atoms with Gasteiger partial charge >= 0.3 is 0 Å². The van der Waals surface area contributed by atoms with Crippen molar-refractivity contribution in [1.29, 1.82) is 0 Å². The molecule has 0 bridgehead atoms. The van der Waals surface area contributed by atoms with Crippen LogP contribution >= 0.6 is 0 Å². The Labute approximate surface area is 95.4 Å². The van der Waals surface area contributed by atoms with Crippen molar-refractivity contribution >= 4 is 0 Å². The van der Waals surface area contributed by atoms with Gasteiger partial charge in [0.05, 0.1) is 0 Å². The van der Waals surface area contributed by atoms with Gasteiger partial charge in [0.25, 0.3) is 0 Å². The first-order chi connectivity index (χ1) is 6.98. The summed E-state index contributed by atoms with van der Waals surface area (Å²) in [6, 6.07) is 0.743. The average Bonchev–Trinajstić information content (AvgIpc) is 2.17. The van der Waals surface area contributed by atoms with Crippen molar-refractivity contribution in [2.75, 3.05) is 19.6 Å². The Morgan fingerprint density at radius 1 is 1.40 bits per heavy atom. The van der Waals surface area contributed by atoms with Crippen LogP contribution in [0.2, 0.25) is 0 Å². The molecule has 0 radical (unpaired) electrons. The maximum absolute atomic E-state index is 3.64. The van der Waals surface area contributed by atoms with E-state index in [2.05, 4.69) is 44.8 Å². The van der Waals surface area contributed by atoms with Crippen molar-refractivity contribution in [2.45, 2.75) is 59.0 Å². The highest BCUT2D eigenvalue weighted by molar-refractivity contribution is 4.91. The van der Waals surface area contributed by atoms with Gasteiger partial charge in [-0.1, -0.05) is 27.2 Å². The molecular weight excluding hydrogens is 184 g/mol. The highest BCUT2D eigenvalue weighted by Crippen LogP contribution is 2.19. The molecule has 1 aliphatic heterocycles. The lowest BCUT2D eigenvalue weighted by Gasteiger charge is -2.45. The summed E-state index contributed by atoms with van der Waals surface area (Å²) in [5.41, 5.74) is 0.291. The van der Waals surface area contributed by atoms with Crippen LogP contribution in [0, 0.1) is 5.92 Å². The molecule has 0 aliphatic carbocycles. The van der Waals surface area contributed by atoms with Crippen LogP contribution in [-0.2, 0) is 0 Å². The molecule has 0 aromatic heterocycles. The zero-order valence-electron chi connectivity index (χ0n) is 11.1. The van der Waals surface area contributed by atoms with Gasteiger partial charge in [-0.25, -0.2) is 0 Å². The molecule has 2 unspecified atom stereocenters. The molecule has 2 atom stereocenters. The Kier molecular flexibility index (Phi) is 4.60. The van der Waals surface area contributed by atoms with Crippen molar-refractivity contribution in [2.24, 2.45) is 5.92 Å². The molecule has 1 N–H and O–H groups in total. The van der Waals surface area contributed by atoms with Crippen LogP contribution in [0.25, 0.3) is 0 Å². The van der Waals surface area contributed by atoms with Gasteiger partial charge in [0, 0.05) is 31.2 Å². The Balaban J connectivity index is 2.55.